The highest BCUT2D eigenvalue weighted by molar-refractivity contribution is 5.88. The maximum absolute atomic E-state index is 12.2. The van der Waals surface area contributed by atoms with Gasteiger partial charge in [-0.3, -0.25) is 9.48 Å². The Bertz CT molecular complexity index is 796. The number of benzene rings is 1. The zero-order valence-corrected chi connectivity index (χ0v) is 14.9. The van der Waals surface area contributed by atoms with E-state index in [2.05, 4.69) is 10.4 Å². The van der Waals surface area contributed by atoms with Crippen molar-refractivity contribution in [1.82, 2.24) is 15.1 Å². The summed E-state index contributed by atoms with van der Waals surface area (Å²) in [4.78, 5) is 23.2. The number of carboxylic acids is 1. The van der Waals surface area contributed by atoms with Gasteiger partial charge in [-0.15, -0.1) is 0 Å². The van der Waals surface area contributed by atoms with Crippen molar-refractivity contribution in [3.63, 3.8) is 0 Å². The zero-order chi connectivity index (χ0) is 18.6. The number of hydrogen-bond acceptors (Lipinski definition) is 4. The normalized spacial score (nSPS) is 10.6. The second-order valence-corrected chi connectivity index (χ2v) is 5.88. The Morgan fingerprint density at radius 1 is 1.32 bits per heavy atom. The zero-order valence-electron chi connectivity index (χ0n) is 14.9. The van der Waals surface area contributed by atoms with E-state index in [1.165, 1.54) is 19.2 Å². The van der Waals surface area contributed by atoms with Gasteiger partial charge in [0.05, 0.1) is 24.8 Å². The molecule has 134 valence electrons. The quantitative estimate of drug-likeness (QED) is 0.796. The van der Waals surface area contributed by atoms with Gasteiger partial charge in [0.2, 0.25) is 5.91 Å². The lowest BCUT2D eigenvalue weighted by Crippen LogP contribution is -2.27. The van der Waals surface area contributed by atoms with Crippen LogP contribution in [0.4, 0.5) is 0 Å². The third kappa shape index (κ3) is 4.37. The molecule has 2 N–H and O–H groups in total. The van der Waals surface area contributed by atoms with Crippen LogP contribution < -0.4 is 10.1 Å². The second kappa shape index (κ2) is 7.83. The largest absolute Gasteiger partial charge is 0.496 e. The number of aryl methyl sites for hydroxylation is 2. The molecule has 0 spiro atoms. The summed E-state index contributed by atoms with van der Waals surface area (Å²) >= 11 is 0. The molecule has 25 heavy (non-hydrogen) atoms. The number of methoxy groups -OCH3 is 1. The molecular formula is C18H23N3O4. The summed E-state index contributed by atoms with van der Waals surface area (Å²) in [6, 6.07) is 4.73. The third-order valence-electron chi connectivity index (χ3n) is 4.25. The molecule has 0 bridgehead atoms. The van der Waals surface area contributed by atoms with Crippen LogP contribution in [0.1, 0.15) is 32.9 Å². The van der Waals surface area contributed by atoms with Crippen LogP contribution in [0.3, 0.4) is 0 Å². The Balaban J connectivity index is 1.94. The first-order chi connectivity index (χ1) is 11.8. The second-order valence-electron chi connectivity index (χ2n) is 5.88. The fourth-order valence-electron chi connectivity index (χ4n) is 2.72. The summed E-state index contributed by atoms with van der Waals surface area (Å²) < 4.78 is 7.01. The standard InChI is InChI=1S/C18H23N3O4/c1-11-15(12(2)21(3)20-11)10-17(22)19-8-7-13-5-6-14(18(23)24)9-16(13)25-4/h5-6,9H,7-8,10H2,1-4H3,(H,19,22)(H,23,24). The number of carboxylic acid groups (broad SMARTS) is 1. The van der Waals surface area contributed by atoms with Crippen molar-refractivity contribution in [3.05, 3.63) is 46.3 Å². The fourth-order valence-corrected chi connectivity index (χ4v) is 2.72. The van der Waals surface area contributed by atoms with E-state index in [9.17, 15) is 9.59 Å². The van der Waals surface area contributed by atoms with Crippen molar-refractivity contribution in [3.8, 4) is 5.75 Å². The van der Waals surface area contributed by atoms with Crippen LogP contribution in [0.25, 0.3) is 0 Å². The molecule has 0 atom stereocenters. The van der Waals surface area contributed by atoms with Crippen molar-refractivity contribution in [2.45, 2.75) is 26.7 Å². The van der Waals surface area contributed by atoms with Crippen molar-refractivity contribution < 1.29 is 19.4 Å². The Morgan fingerprint density at radius 3 is 2.60 bits per heavy atom. The van der Waals surface area contributed by atoms with E-state index in [0.717, 1.165) is 22.5 Å². The van der Waals surface area contributed by atoms with E-state index >= 15 is 0 Å². The molecule has 1 aromatic heterocycles. The van der Waals surface area contributed by atoms with Gasteiger partial charge in [-0.25, -0.2) is 4.79 Å². The molecule has 1 amide bonds. The summed E-state index contributed by atoms with van der Waals surface area (Å²) in [5.41, 5.74) is 3.82. The average molecular weight is 345 g/mol. The van der Waals surface area contributed by atoms with Crippen LogP contribution in [-0.4, -0.2) is 40.4 Å². The van der Waals surface area contributed by atoms with Crippen LogP contribution in [0, 0.1) is 13.8 Å². The molecule has 2 rings (SSSR count). The minimum absolute atomic E-state index is 0.0691. The topological polar surface area (TPSA) is 93.4 Å². The Morgan fingerprint density at radius 2 is 2.04 bits per heavy atom. The predicted molar refractivity (Wildman–Crippen MR) is 93.1 cm³/mol. The maximum Gasteiger partial charge on any atom is 0.335 e. The number of aromatic carboxylic acids is 1. The number of hydrogen-bond donors (Lipinski definition) is 2. The van der Waals surface area contributed by atoms with Gasteiger partial charge in [0.25, 0.3) is 0 Å². The van der Waals surface area contributed by atoms with Crippen LogP contribution in [0.2, 0.25) is 0 Å². The number of ether oxygens (including phenoxy) is 1. The number of carbonyl (C=O) groups is 2. The average Bonchev–Trinajstić information content (AvgIpc) is 2.81. The summed E-state index contributed by atoms with van der Waals surface area (Å²) in [6.45, 7) is 4.28. The van der Waals surface area contributed by atoms with Gasteiger partial charge in [0, 0.05) is 24.8 Å². The number of aromatic nitrogens is 2. The van der Waals surface area contributed by atoms with Crippen LogP contribution in [-0.2, 0) is 24.7 Å². The lowest BCUT2D eigenvalue weighted by atomic mass is 10.1. The van der Waals surface area contributed by atoms with E-state index in [-0.39, 0.29) is 11.5 Å². The number of amides is 1. The molecule has 0 aliphatic heterocycles. The Kier molecular flexibility index (Phi) is 5.80. The first-order valence-electron chi connectivity index (χ1n) is 7.99. The third-order valence-corrected chi connectivity index (χ3v) is 4.25. The van der Waals surface area contributed by atoms with Gasteiger partial charge in [-0.2, -0.15) is 5.10 Å². The number of nitrogens with one attached hydrogen (secondary N) is 1. The predicted octanol–water partition coefficient (Wildman–Crippen LogP) is 1.65. The van der Waals surface area contributed by atoms with Crippen LogP contribution >= 0.6 is 0 Å². The minimum atomic E-state index is -1.000. The smallest absolute Gasteiger partial charge is 0.335 e. The molecule has 0 aliphatic carbocycles. The highest BCUT2D eigenvalue weighted by Crippen LogP contribution is 2.20. The van der Waals surface area contributed by atoms with Crippen LogP contribution in [0.5, 0.6) is 5.75 Å². The molecule has 1 heterocycles. The lowest BCUT2D eigenvalue weighted by molar-refractivity contribution is -0.120. The molecule has 7 heteroatoms. The van der Waals surface area contributed by atoms with E-state index < -0.39 is 5.97 Å². The SMILES string of the molecule is COc1cc(C(=O)O)ccc1CCNC(=O)Cc1c(C)nn(C)c1C. The van der Waals surface area contributed by atoms with E-state index in [4.69, 9.17) is 9.84 Å². The maximum atomic E-state index is 12.2. The lowest BCUT2D eigenvalue weighted by Gasteiger charge is -2.10. The molecular weight excluding hydrogens is 322 g/mol. The summed E-state index contributed by atoms with van der Waals surface area (Å²) in [7, 11) is 3.35. The molecule has 7 nitrogen and oxygen atoms in total. The van der Waals surface area contributed by atoms with Crippen molar-refractivity contribution in [2.75, 3.05) is 13.7 Å². The van der Waals surface area contributed by atoms with Gasteiger partial charge in [-0.05, 0) is 38.0 Å². The minimum Gasteiger partial charge on any atom is -0.496 e. The number of carbonyl (C=O) groups excluding carboxylic acids is 1. The molecule has 0 saturated carbocycles. The molecule has 0 radical (unpaired) electrons. The van der Waals surface area contributed by atoms with Gasteiger partial charge < -0.3 is 15.2 Å². The molecule has 1 aromatic carbocycles. The van der Waals surface area contributed by atoms with Crippen molar-refractivity contribution in [1.29, 1.82) is 0 Å². The number of rotatable bonds is 7. The number of nitrogens with zero attached hydrogens (tertiary/aromatic N) is 2. The molecule has 0 aliphatic rings. The summed E-state index contributed by atoms with van der Waals surface area (Å²) in [5.74, 6) is -0.561. The van der Waals surface area contributed by atoms with E-state index in [0.29, 0.717) is 25.1 Å². The van der Waals surface area contributed by atoms with E-state index in [1.807, 2.05) is 20.9 Å². The Hall–Kier alpha value is -2.83. The first-order valence-corrected chi connectivity index (χ1v) is 7.99. The molecule has 2 aromatic rings. The molecule has 0 saturated heterocycles. The van der Waals surface area contributed by atoms with Gasteiger partial charge in [0.15, 0.2) is 0 Å². The molecule has 0 fully saturated rings. The van der Waals surface area contributed by atoms with Gasteiger partial charge >= 0.3 is 5.97 Å². The summed E-state index contributed by atoms with van der Waals surface area (Å²) in [6.07, 6.45) is 0.848. The van der Waals surface area contributed by atoms with Crippen molar-refractivity contribution in [2.24, 2.45) is 7.05 Å². The highest BCUT2D eigenvalue weighted by Gasteiger charge is 2.14. The monoisotopic (exact) mass is 345 g/mol. The van der Waals surface area contributed by atoms with E-state index in [1.54, 1.807) is 10.7 Å². The van der Waals surface area contributed by atoms with Crippen molar-refractivity contribution >= 4 is 11.9 Å². The highest BCUT2D eigenvalue weighted by atomic mass is 16.5. The Labute approximate surface area is 146 Å². The fraction of sp³-hybridized carbons (Fsp3) is 0.389. The molecule has 0 unspecified atom stereocenters. The first kappa shape index (κ1) is 18.5. The summed E-state index contributed by atoms with van der Waals surface area (Å²) in [5, 5.41) is 16.2. The van der Waals surface area contributed by atoms with Gasteiger partial charge in [-0.1, -0.05) is 6.07 Å². The van der Waals surface area contributed by atoms with Gasteiger partial charge in [0.1, 0.15) is 5.75 Å². The van der Waals surface area contributed by atoms with Crippen LogP contribution in [0.15, 0.2) is 18.2 Å².